The molecule has 0 aromatic rings. The van der Waals surface area contributed by atoms with Crippen LogP contribution in [-0.2, 0) is 14.9 Å². The fourth-order valence-electron chi connectivity index (χ4n) is 1.94. The van der Waals surface area contributed by atoms with Crippen molar-refractivity contribution >= 4 is 16.3 Å². The fourth-order valence-corrected chi connectivity index (χ4v) is 2.94. The van der Waals surface area contributed by atoms with E-state index in [0.29, 0.717) is 0 Å². The molecule has 2 N–H and O–H groups in total. The minimum Gasteiger partial charge on any atom is -0.452 e. The number of carbonyl (C=O) groups excluding carboxylic acids is 1. The first kappa shape index (κ1) is 13.2. The lowest BCUT2D eigenvalue weighted by Crippen LogP contribution is -2.44. The molecule has 0 bridgehead atoms. The van der Waals surface area contributed by atoms with E-state index < -0.39 is 16.3 Å². The van der Waals surface area contributed by atoms with Crippen LogP contribution in [-0.4, -0.2) is 27.7 Å². The summed E-state index contributed by atoms with van der Waals surface area (Å²) in [5.41, 5.74) is 0.151. The number of hydrogen-bond donors (Lipinski definition) is 2. The molecule has 0 aromatic heterocycles. The van der Waals surface area contributed by atoms with Crippen LogP contribution in [0.3, 0.4) is 0 Å². The molecule has 1 rings (SSSR count). The van der Waals surface area contributed by atoms with Crippen LogP contribution in [0.2, 0.25) is 0 Å². The van der Waals surface area contributed by atoms with Crippen LogP contribution in [0.5, 0.6) is 0 Å². The molecule has 1 amide bonds. The molecule has 1 aliphatic carbocycles. The molecule has 94 valence electrons. The average molecular weight is 250 g/mol. The normalized spacial score (nSPS) is 24.1. The smallest absolute Gasteiger partial charge is 0.421 e. The van der Waals surface area contributed by atoms with Crippen LogP contribution in [0, 0.1) is 5.41 Å². The molecular formula is C9H18N2O4S. The van der Waals surface area contributed by atoms with Crippen LogP contribution in [0.25, 0.3) is 0 Å². The van der Waals surface area contributed by atoms with Crippen molar-refractivity contribution < 1.29 is 17.9 Å². The van der Waals surface area contributed by atoms with Gasteiger partial charge in [-0.15, -0.1) is 0 Å². The molecule has 1 fully saturated rings. The van der Waals surface area contributed by atoms with Crippen molar-refractivity contribution in [3.05, 3.63) is 0 Å². The van der Waals surface area contributed by atoms with E-state index in [2.05, 4.69) is 23.3 Å². The molecule has 0 spiro atoms. The zero-order valence-corrected chi connectivity index (χ0v) is 10.6. The lowest BCUT2D eigenvalue weighted by molar-refractivity contribution is 0.177. The Balaban J connectivity index is 2.51. The number of ether oxygens (including phenoxy) is 1. The lowest BCUT2D eigenvalue weighted by atomic mass is 9.92. The van der Waals surface area contributed by atoms with Gasteiger partial charge >= 0.3 is 16.3 Å². The topological polar surface area (TPSA) is 84.5 Å². The molecule has 0 radical (unpaired) electrons. The van der Waals surface area contributed by atoms with E-state index >= 15 is 0 Å². The average Bonchev–Trinajstić information content (AvgIpc) is 2.43. The molecule has 6 nitrogen and oxygen atoms in total. The van der Waals surface area contributed by atoms with Gasteiger partial charge in [-0.25, -0.2) is 9.52 Å². The van der Waals surface area contributed by atoms with Crippen molar-refractivity contribution in [3.8, 4) is 0 Å². The maximum atomic E-state index is 11.4. The largest absolute Gasteiger partial charge is 0.452 e. The Bertz CT molecular complexity index is 364. The third kappa shape index (κ3) is 3.97. The Hall–Kier alpha value is -0.820. The van der Waals surface area contributed by atoms with E-state index in [0.717, 1.165) is 26.4 Å². The van der Waals surface area contributed by atoms with E-state index in [4.69, 9.17) is 0 Å². The molecule has 0 aliphatic heterocycles. The number of nitrogens with one attached hydrogen (secondary N) is 2. The number of rotatable bonds is 3. The van der Waals surface area contributed by atoms with Crippen molar-refractivity contribution in [3.63, 3.8) is 0 Å². The Labute approximate surface area is 95.9 Å². The number of hydrogen-bond acceptors (Lipinski definition) is 4. The van der Waals surface area contributed by atoms with Crippen LogP contribution in [0.15, 0.2) is 0 Å². The summed E-state index contributed by atoms with van der Waals surface area (Å²) in [5, 5.41) is 0. The van der Waals surface area contributed by atoms with E-state index in [9.17, 15) is 13.2 Å². The number of carbonyl (C=O) groups is 1. The Morgan fingerprint density at radius 2 is 2.06 bits per heavy atom. The van der Waals surface area contributed by atoms with E-state index in [1.54, 1.807) is 4.72 Å². The molecule has 16 heavy (non-hydrogen) atoms. The Kier molecular flexibility index (Phi) is 3.80. The lowest BCUT2D eigenvalue weighted by Gasteiger charge is -2.17. The molecular weight excluding hydrogens is 232 g/mol. The van der Waals surface area contributed by atoms with Gasteiger partial charge in [0.05, 0.1) is 7.11 Å². The molecule has 1 unspecified atom stereocenters. The molecule has 0 saturated heterocycles. The standard InChI is InChI=1S/C9H18N2O4S/c1-9(2)5-4-7(6-9)10-16(13,14)11-8(12)15-3/h7,10H,4-6H2,1-3H3,(H,11,12). The summed E-state index contributed by atoms with van der Waals surface area (Å²) < 4.78 is 31.3. The zero-order chi connectivity index (χ0) is 12.4. The molecule has 1 atom stereocenters. The van der Waals surface area contributed by atoms with E-state index in [-0.39, 0.29) is 11.5 Å². The first-order valence-corrected chi connectivity index (χ1v) is 6.60. The monoisotopic (exact) mass is 250 g/mol. The first-order chi connectivity index (χ1) is 7.24. The molecule has 0 heterocycles. The summed E-state index contributed by atoms with van der Waals surface area (Å²) in [5.74, 6) is 0. The van der Waals surface area contributed by atoms with Crippen LogP contribution >= 0.6 is 0 Å². The predicted molar refractivity (Wildman–Crippen MR) is 59.0 cm³/mol. The van der Waals surface area contributed by atoms with E-state index in [1.807, 2.05) is 0 Å². The predicted octanol–water partition coefficient (Wildman–Crippen LogP) is 0.755. The highest BCUT2D eigenvalue weighted by atomic mass is 32.2. The summed E-state index contributed by atoms with van der Waals surface area (Å²) in [4.78, 5) is 10.8. The van der Waals surface area contributed by atoms with Gasteiger partial charge in [0.2, 0.25) is 0 Å². The van der Waals surface area contributed by atoms with Crippen molar-refractivity contribution in [2.75, 3.05) is 7.11 Å². The van der Waals surface area contributed by atoms with Crippen LogP contribution in [0.1, 0.15) is 33.1 Å². The summed E-state index contributed by atoms with van der Waals surface area (Å²) in [6.45, 7) is 4.18. The third-order valence-electron chi connectivity index (χ3n) is 2.69. The number of amides is 1. The summed E-state index contributed by atoms with van der Waals surface area (Å²) in [7, 11) is -2.69. The van der Waals surface area contributed by atoms with Gasteiger partial charge in [0.25, 0.3) is 0 Å². The highest BCUT2D eigenvalue weighted by molar-refractivity contribution is 7.88. The molecule has 1 aliphatic rings. The highest BCUT2D eigenvalue weighted by Gasteiger charge is 2.33. The number of methoxy groups -OCH3 is 1. The van der Waals surface area contributed by atoms with Gasteiger partial charge < -0.3 is 4.74 Å². The van der Waals surface area contributed by atoms with Crippen LogP contribution in [0.4, 0.5) is 4.79 Å². The maximum Gasteiger partial charge on any atom is 0.421 e. The van der Waals surface area contributed by atoms with Crippen molar-refractivity contribution in [1.82, 2.24) is 9.44 Å². The zero-order valence-electron chi connectivity index (χ0n) is 9.74. The first-order valence-electron chi connectivity index (χ1n) is 5.12. The maximum absolute atomic E-state index is 11.4. The van der Waals surface area contributed by atoms with Gasteiger partial charge in [-0.05, 0) is 24.7 Å². The van der Waals surface area contributed by atoms with Crippen LogP contribution < -0.4 is 9.44 Å². The second-order valence-corrected chi connectivity index (χ2v) is 6.27. The Morgan fingerprint density at radius 1 is 1.44 bits per heavy atom. The molecule has 7 heteroatoms. The molecule has 1 saturated carbocycles. The van der Waals surface area contributed by atoms with Gasteiger partial charge in [0.1, 0.15) is 0 Å². The van der Waals surface area contributed by atoms with Gasteiger partial charge in [-0.3, -0.25) is 0 Å². The van der Waals surface area contributed by atoms with Crippen molar-refractivity contribution in [1.29, 1.82) is 0 Å². The fraction of sp³-hybridized carbons (Fsp3) is 0.889. The molecule has 0 aromatic carbocycles. The summed E-state index contributed by atoms with van der Waals surface area (Å²) in [6, 6.07) is -0.114. The second kappa shape index (κ2) is 4.58. The van der Waals surface area contributed by atoms with Crippen molar-refractivity contribution in [2.24, 2.45) is 5.41 Å². The van der Waals surface area contributed by atoms with Crippen molar-refractivity contribution in [2.45, 2.75) is 39.2 Å². The minimum atomic E-state index is -3.80. The van der Waals surface area contributed by atoms with Gasteiger partial charge in [0.15, 0.2) is 0 Å². The second-order valence-electron chi connectivity index (χ2n) is 4.82. The highest BCUT2D eigenvalue weighted by Crippen LogP contribution is 2.36. The minimum absolute atomic E-state index is 0.114. The van der Waals surface area contributed by atoms with Gasteiger partial charge in [-0.1, -0.05) is 13.8 Å². The summed E-state index contributed by atoms with van der Waals surface area (Å²) >= 11 is 0. The third-order valence-corrected chi connectivity index (χ3v) is 3.77. The van der Waals surface area contributed by atoms with Gasteiger partial charge in [-0.2, -0.15) is 13.1 Å². The van der Waals surface area contributed by atoms with E-state index in [1.165, 1.54) is 0 Å². The SMILES string of the molecule is COC(=O)NS(=O)(=O)NC1CCC(C)(C)C1. The Morgan fingerprint density at radius 3 is 2.50 bits per heavy atom. The van der Waals surface area contributed by atoms with Gasteiger partial charge in [0, 0.05) is 6.04 Å². The summed E-state index contributed by atoms with van der Waals surface area (Å²) in [6.07, 6.45) is 1.55. The quantitative estimate of drug-likeness (QED) is 0.774.